The summed E-state index contributed by atoms with van der Waals surface area (Å²) in [4.78, 5) is 0.124. The zero-order chi connectivity index (χ0) is 14.9. The lowest BCUT2D eigenvalue weighted by atomic mass is 10.2. The summed E-state index contributed by atoms with van der Waals surface area (Å²) in [6.07, 6.45) is 0. The molecule has 0 spiro atoms. The number of benzene rings is 2. The van der Waals surface area contributed by atoms with Crippen LogP contribution in [0.4, 0.5) is 4.39 Å². The van der Waals surface area contributed by atoms with Crippen LogP contribution in [0, 0.1) is 12.7 Å². The minimum Gasteiger partial charge on any atom is -0.453 e. The van der Waals surface area contributed by atoms with Gasteiger partial charge in [-0.3, -0.25) is 0 Å². The lowest BCUT2D eigenvalue weighted by molar-refractivity contribution is 0.438. The van der Waals surface area contributed by atoms with Gasteiger partial charge in [-0.05, 0) is 68.6 Å². The van der Waals surface area contributed by atoms with Crippen LogP contribution in [0.5, 0.6) is 11.5 Å². The van der Waals surface area contributed by atoms with Crippen molar-refractivity contribution in [2.24, 2.45) is 5.73 Å². The molecule has 0 unspecified atom stereocenters. The number of hydrogen-bond donors (Lipinski definition) is 1. The number of nitrogens with two attached hydrogens (primary N) is 1. The van der Waals surface area contributed by atoms with Gasteiger partial charge in [0.25, 0.3) is 0 Å². The molecular formula is C14H10Br2FNOS. The van der Waals surface area contributed by atoms with Crippen molar-refractivity contribution >= 4 is 49.1 Å². The molecule has 0 aromatic heterocycles. The third-order valence-corrected chi connectivity index (χ3v) is 4.23. The summed E-state index contributed by atoms with van der Waals surface area (Å²) in [5, 5.41) is 0. The van der Waals surface area contributed by atoms with Crippen molar-refractivity contribution in [3.63, 3.8) is 0 Å². The van der Waals surface area contributed by atoms with Gasteiger partial charge in [0.2, 0.25) is 0 Å². The van der Waals surface area contributed by atoms with E-state index in [1.54, 1.807) is 12.1 Å². The second kappa shape index (κ2) is 6.20. The molecule has 0 heterocycles. The van der Waals surface area contributed by atoms with Gasteiger partial charge >= 0.3 is 0 Å². The van der Waals surface area contributed by atoms with Crippen LogP contribution in [0.2, 0.25) is 0 Å². The van der Waals surface area contributed by atoms with Crippen molar-refractivity contribution in [1.82, 2.24) is 0 Å². The Hall–Kier alpha value is -0.980. The van der Waals surface area contributed by atoms with Crippen LogP contribution >= 0.6 is 44.1 Å². The molecule has 2 aromatic rings. The fraction of sp³-hybridized carbons (Fsp3) is 0.0714. The highest BCUT2D eigenvalue weighted by atomic mass is 79.9. The maximum Gasteiger partial charge on any atom is 0.180 e. The minimum atomic E-state index is -0.539. The van der Waals surface area contributed by atoms with Crippen LogP contribution in [0.15, 0.2) is 39.3 Å². The van der Waals surface area contributed by atoms with Crippen LogP contribution in [-0.4, -0.2) is 4.99 Å². The molecule has 0 atom stereocenters. The third-order valence-electron chi connectivity index (χ3n) is 2.62. The summed E-state index contributed by atoms with van der Waals surface area (Å²) >= 11 is 11.4. The van der Waals surface area contributed by atoms with Gasteiger partial charge in [0.1, 0.15) is 10.7 Å². The Morgan fingerprint density at radius 3 is 2.45 bits per heavy atom. The van der Waals surface area contributed by atoms with Gasteiger partial charge in [0.15, 0.2) is 11.6 Å². The van der Waals surface area contributed by atoms with E-state index >= 15 is 0 Å². The summed E-state index contributed by atoms with van der Waals surface area (Å²) in [6.45, 7) is 1.96. The second-order valence-electron chi connectivity index (χ2n) is 4.14. The van der Waals surface area contributed by atoms with E-state index in [9.17, 15) is 4.39 Å². The second-order valence-corrected chi connectivity index (χ2v) is 6.23. The van der Waals surface area contributed by atoms with Crippen LogP contribution in [0.25, 0.3) is 0 Å². The first kappa shape index (κ1) is 15.4. The van der Waals surface area contributed by atoms with Gasteiger partial charge in [-0.2, -0.15) is 0 Å². The minimum absolute atomic E-state index is 0.0985. The van der Waals surface area contributed by atoms with Gasteiger partial charge in [-0.25, -0.2) is 4.39 Å². The van der Waals surface area contributed by atoms with E-state index in [4.69, 9.17) is 22.7 Å². The molecule has 2 aromatic carbocycles. The van der Waals surface area contributed by atoms with Crippen LogP contribution in [0.3, 0.4) is 0 Å². The summed E-state index contributed by atoms with van der Waals surface area (Å²) < 4.78 is 20.7. The van der Waals surface area contributed by atoms with Gasteiger partial charge in [0.05, 0.1) is 8.95 Å². The summed E-state index contributed by atoms with van der Waals surface area (Å²) in [5.74, 6) is 0.0914. The standard InChI is InChI=1S/C14H10Br2FNOS/c1-7-2-4-10(9(15)6-7)19-11-5-3-8(14(18)20)12(16)13(11)17/h2-6H,1H3,(H2,18,20). The zero-order valence-corrected chi connectivity index (χ0v) is 14.4. The molecule has 20 heavy (non-hydrogen) atoms. The molecule has 0 fully saturated rings. The molecule has 0 bridgehead atoms. The van der Waals surface area contributed by atoms with E-state index in [0.29, 0.717) is 11.3 Å². The number of hydrogen-bond acceptors (Lipinski definition) is 2. The summed E-state index contributed by atoms with van der Waals surface area (Å²) in [7, 11) is 0. The Kier molecular flexibility index (Phi) is 4.78. The van der Waals surface area contributed by atoms with Crippen LogP contribution in [-0.2, 0) is 0 Å². The fourth-order valence-electron chi connectivity index (χ4n) is 1.61. The largest absolute Gasteiger partial charge is 0.453 e. The lowest BCUT2D eigenvalue weighted by Crippen LogP contribution is -2.11. The molecule has 0 saturated heterocycles. The van der Waals surface area contributed by atoms with Gasteiger partial charge < -0.3 is 10.5 Å². The maximum absolute atomic E-state index is 14.2. The third kappa shape index (κ3) is 3.19. The summed E-state index contributed by atoms with van der Waals surface area (Å²) in [5.41, 5.74) is 7.03. The monoisotopic (exact) mass is 417 g/mol. The quantitative estimate of drug-likeness (QED) is 0.705. The van der Waals surface area contributed by atoms with E-state index in [-0.39, 0.29) is 15.2 Å². The Bertz CT molecular complexity index is 691. The molecule has 0 aliphatic heterocycles. The zero-order valence-electron chi connectivity index (χ0n) is 10.4. The first-order valence-electron chi connectivity index (χ1n) is 5.62. The van der Waals surface area contributed by atoms with E-state index in [1.807, 2.05) is 19.1 Å². The number of aryl methyl sites for hydroxylation is 1. The predicted molar refractivity (Wildman–Crippen MR) is 88.9 cm³/mol. The maximum atomic E-state index is 14.2. The smallest absolute Gasteiger partial charge is 0.180 e. The van der Waals surface area contributed by atoms with Crippen molar-refractivity contribution in [2.45, 2.75) is 6.92 Å². The van der Waals surface area contributed by atoms with Crippen molar-refractivity contribution < 1.29 is 9.13 Å². The normalized spacial score (nSPS) is 10.4. The lowest BCUT2D eigenvalue weighted by Gasteiger charge is -2.11. The van der Waals surface area contributed by atoms with Crippen molar-refractivity contribution in [2.75, 3.05) is 0 Å². The van der Waals surface area contributed by atoms with E-state index < -0.39 is 5.82 Å². The average Bonchev–Trinajstić information content (AvgIpc) is 2.37. The summed E-state index contributed by atoms with van der Waals surface area (Å²) in [6, 6.07) is 8.67. The number of ether oxygens (including phenoxy) is 1. The molecule has 104 valence electrons. The molecule has 6 heteroatoms. The molecule has 0 saturated carbocycles. The SMILES string of the molecule is Cc1ccc(Oc2ccc(C(N)=S)c(Br)c2F)c(Br)c1. The highest BCUT2D eigenvalue weighted by molar-refractivity contribution is 9.10. The van der Waals surface area contributed by atoms with Gasteiger partial charge in [0, 0.05) is 5.56 Å². The van der Waals surface area contributed by atoms with E-state index in [0.717, 1.165) is 10.0 Å². The molecule has 2 nitrogen and oxygen atoms in total. The van der Waals surface area contributed by atoms with Gasteiger partial charge in [-0.1, -0.05) is 18.3 Å². The molecule has 0 radical (unpaired) electrons. The fourth-order valence-corrected chi connectivity index (χ4v) is 3.02. The average molecular weight is 419 g/mol. The highest BCUT2D eigenvalue weighted by Crippen LogP contribution is 2.35. The van der Waals surface area contributed by atoms with Crippen LogP contribution < -0.4 is 10.5 Å². The van der Waals surface area contributed by atoms with Crippen LogP contribution in [0.1, 0.15) is 11.1 Å². The highest BCUT2D eigenvalue weighted by Gasteiger charge is 2.15. The number of thiocarbonyl (C=S) groups is 1. The topological polar surface area (TPSA) is 35.2 Å². The molecule has 0 aliphatic rings. The predicted octanol–water partition coefficient (Wildman–Crippen LogP) is 5.09. The molecule has 0 aliphatic carbocycles. The molecule has 2 N–H and O–H groups in total. The van der Waals surface area contributed by atoms with Crippen molar-refractivity contribution in [3.8, 4) is 11.5 Å². The van der Waals surface area contributed by atoms with Gasteiger partial charge in [-0.15, -0.1) is 0 Å². The Morgan fingerprint density at radius 1 is 1.20 bits per heavy atom. The van der Waals surface area contributed by atoms with Crippen molar-refractivity contribution in [1.29, 1.82) is 0 Å². The Morgan fingerprint density at radius 2 is 1.85 bits per heavy atom. The molecular weight excluding hydrogens is 409 g/mol. The Labute approximate surface area is 138 Å². The van der Waals surface area contributed by atoms with E-state index in [2.05, 4.69) is 31.9 Å². The number of halogens is 3. The molecule has 2 rings (SSSR count). The molecule has 0 amide bonds. The van der Waals surface area contributed by atoms with E-state index in [1.165, 1.54) is 6.07 Å². The first-order chi connectivity index (χ1) is 9.40. The van der Waals surface area contributed by atoms with Crippen molar-refractivity contribution in [3.05, 3.63) is 56.2 Å². The number of rotatable bonds is 3. The first-order valence-corrected chi connectivity index (χ1v) is 7.61. The Balaban J connectivity index is 2.39.